The van der Waals surface area contributed by atoms with Crippen molar-refractivity contribution in [2.24, 2.45) is 0 Å². The molecule has 2 aromatic heterocycles. The molecule has 1 aromatic carbocycles. The summed E-state index contributed by atoms with van der Waals surface area (Å²) in [5.74, 6) is -0.657. The molecular weight excluding hydrogens is 401 g/mol. The zero-order chi connectivity index (χ0) is 22.2. The first-order valence-electron chi connectivity index (χ1n) is 10.6. The molecule has 0 aliphatic carbocycles. The summed E-state index contributed by atoms with van der Waals surface area (Å²) < 4.78 is 19.6. The van der Waals surface area contributed by atoms with Crippen molar-refractivity contribution in [2.45, 2.75) is 39.7 Å². The summed E-state index contributed by atoms with van der Waals surface area (Å²) in [7, 11) is 0. The largest absolute Gasteiger partial charge is 0.354 e. The van der Waals surface area contributed by atoms with E-state index in [-0.39, 0.29) is 29.2 Å². The van der Waals surface area contributed by atoms with Crippen molar-refractivity contribution in [1.82, 2.24) is 24.9 Å². The van der Waals surface area contributed by atoms with Crippen LogP contribution in [0.2, 0.25) is 0 Å². The number of carbonyl (C=O) groups is 1. The number of benzene rings is 1. The Morgan fingerprint density at radius 3 is 2.65 bits per heavy atom. The number of nitrogens with zero attached hydrogens (tertiary/aromatic N) is 4. The molecule has 0 saturated heterocycles. The normalized spacial score (nSPS) is 11.4. The number of unbranched alkanes of at least 4 members (excludes halogenated alkanes) is 1. The maximum atomic E-state index is 13.2. The lowest BCUT2D eigenvalue weighted by atomic mass is 10.1. The average molecular weight is 429 g/mol. The van der Waals surface area contributed by atoms with E-state index in [0.29, 0.717) is 12.1 Å². The highest BCUT2D eigenvalue weighted by molar-refractivity contribution is 5.88. The Morgan fingerprint density at radius 2 is 1.94 bits per heavy atom. The number of nitrogens with one attached hydrogen (secondary N) is 1. The van der Waals surface area contributed by atoms with Crippen LogP contribution in [-0.4, -0.2) is 51.7 Å². The molecular formula is C22H28FN5O3. The zero-order valence-corrected chi connectivity index (χ0v) is 17.9. The van der Waals surface area contributed by atoms with E-state index in [9.17, 15) is 14.0 Å². The molecule has 3 rings (SSSR count). The Morgan fingerprint density at radius 1 is 1.19 bits per heavy atom. The first-order chi connectivity index (χ1) is 15.0. The van der Waals surface area contributed by atoms with Gasteiger partial charge in [0.15, 0.2) is 0 Å². The molecule has 0 aliphatic heterocycles. The Balaban J connectivity index is 1.63. The third-order valence-corrected chi connectivity index (χ3v) is 5.14. The third-order valence-electron chi connectivity index (χ3n) is 5.14. The van der Waals surface area contributed by atoms with E-state index in [1.54, 1.807) is 0 Å². The summed E-state index contributed by atoms with van der Waals surface area (Å²) in [6.07, 6.45) is 4.44. The van der Waals surface area contributed by atoms with E-state index in [1.807, 2.05) is 0 Å². The molecule has 0 atom stereocenters. The van der Waals surface area contributed by atoms with Crippen molar-refractivity contribution < 1.29 is 13.7 Å². The van der Waals surface area contributed by atoms with Crippen molar-refractivity contribution in [3.63, 3.8) is 0 Å². The van der Waals surface area contributed by atoms with Gasteiger partial charge in [-0.25, -0.2) is 9.37 Å². The second kappa shape index (κ2) is 10.8. The van der Waals surface area contributed by atoms with Crippen molar-refractivity contribution >= 4 is 17.0 Å². The first-order valence-corrected chi connectivity index (χ1v) is 10.6. The van der Waals surface area contributed by atoms with Crippen LogP contribution in [0.1, 0.15) is 33.1 Å². The Labute approximate surface area is 180 Å². The molecule has 3 aromatic rings. The van der Waals surface area contributed by atoms with Gasteiger partial charge in [-0.05, 0) is 56.7 Å². The topological polar surface area (TPSA) is 93.3 Å². The lowest BCUT2D eigenvalue weighted by molar-refractivity contribution is -0.121. The molecule has 1 amide bonds. The fraction of sp³-hybridized carbons (Fsp3) is 0.455. The summed E-state index contributed by atoms with van der Waals surface area (Å²) in [4.78, 5) is 31.7. The standard InChI is InChI=1S/C22H28FN5O3/c1-3-5-12-27(4-2)13-6-11-24-18(29)14-28-15-25-21-19(22(28)30)20(26-31-21)16-7-9-17(23)10-8-16/h7-10,15H,3-6,11-14H2,1-2H3,(H,24,29). The minimum Gasteiger partial charge on any atom is -0.354 e. The van der Waals surface area contributed by atoms with Gasteiger partial charge in [0.05, 0.1) is 0 Å². The van der Waals surface area contributed by atoms with Gasteiger partial charge in [0.1, 0.15) is 29.8 Å². The van der Waals surface area contributed by atoms with E-state index in [4.69, 9.17) is 4.52 Å². The minimum absolute atomic E-state index is 0.0766. The number of hydrogen-bond acceptors (Lipinski definition) is 6. The Kier molecular flexibility index (Phi) is 7.88. The number of halogens is 1. The van der Waals surface area contributed by atoms with Gasteiger partial charge in [-0.2, -0.15) is 0 Å². The van der Waals surface area contributed by atoms with Crippen molar-refractivity contribution in [3.8, 4) is 11.3 Å². The van der Waals surface area contributed by atoms with Gasteiger partial charge in [0.2, 0.25) is 5.91 Å². The Hall–Kier alpha value is -3.07. The number of aromatic nitrogens is 3. The van der Waals surface area contributed by atoms with Crippen LogP contribution in [0.25, 0.3) is 22.4 Å². The molecule has 0 spiro atoms. The molecule has 8 nitrogen and oxygen atoms in total. The van der Waals surface area contributed by atoms with E-state index in [1.165, 1.54) is 41.6 Å². The van der Waals surface area contributed by atoms with Crippen LogP contribution in [0.15, 0.2) is 39.9 Å². The molecule has 0 aliphatic rings. The molecule has 1 N–H and O–H groups in total. The van der Waals surface area contributed by atoms with Gasteiger partial charge in [0.25, 0.3) is 11.3 Å². The van der Waals surface area contributed by atoms with Gasteiger partial charge in [0, 0.05) is 12.1 Å². The highest BCUT2D eigenvalue weighted by atomic mass is 19.1. The third kappa shape index (κ3) is 5.75. The molecule has 0 radical (unpaired) electrons. The molecule has 9 heteroatoms. The van der Waals surface area contributed by atoms with Crippen LogP contribution in [0.4, 0.5) is 4.39 Å². The smallest absolute Gasteiger partial charge is 0.267 e. The van der Waals surface area contributed by atoms with Crippen LogP contribution in [0, 0.1) is 5.82 Å². The lowest BCUT2D eigenvalue weighted by Crippen LogP contribution is -2.34. The number of fused-ring (bicyclic) bond motifs is 1. The molecule has 0 fully saturated rings. The van der Waals surface area contributed by atoms with Crippen molar-refractivity contribution in [3.05, 3.63) is 46.8 Å². The number of hydrogen-bond donors (Lipinski definition) is 1. The summed E-state index contributed by atoms with van der Waals surface area (Å²) in [6, 6.07) is 5.58. The summed E-state index contributed by atoms with van der Waals surface area (Å²) >= 11 is 0. The monoisotopic (exact) mass is 429 g/mol. The summed E-state index contributed by atoms with van der Waals surface area (Å²) in [5.41, 5.74) is 0.448. The van der Waals surface area contributed by atoms with Gasteiger partial charge in [-0.1, -0.05) is 25.4 Å². The Bertz CT molecular complexity index is 1060. The second-order valence-electron chi connectivity index (χ2n) is 7.39. The van der Waals surface area contributed by atoms with Gasteiger partial charge in [-0.15, -0.1) is 0 Å². The quantitative estimate of drug-likeness (QED) is 0.471. The number of carbonyl (C=O) groups excluding carboxylic acids is 1. The van der Waals surface area contributed by atoms with E-state index in [2.05, 4.69) is 34.2 Å². The molecule has 0 bridgehead atoms. The highest BCUT2D eigenvalue weighted by Gasteiger charge is 2.18. The first kappa shape index (κ1) is 22.6. The van der Waals surface area contributed by atoms with Gasteiger partial charge in [-0.3, -0.25) is 14.2 Å². The summed E-state index contributed by atoms with van der Waals surface area (Å²) in [6.45, 7) is 7.68. The second-order valence-corrected chi connectivity index (χ2v) is 7.39. The zero-order valence-electron chi connectivity index (χ0n) is 17.9. The van der Waals surface area contributed by atoms with Crippen molar-refractivity contribution in [1.29, 1.82) is 0 Å². The van der Waals surface area contributed by atoms with Crippen LogP contribution < -0.4 is 10.9 Å². The fourth-order valence-electron chi connectivity index (χ4n) is 3.35. The molecule has 2 heterocycles. The van der Waals surface area contributed by atoms with Gasteiger partial charge < -0.3 is 14.7 Å². The van der Waals surface area contributed by atoms with E-state index < -0.39 is 11.4 Å². The van der Waals surface area contributed by atoms with E-state index in [0.717, 1.165) is 32.5 Å². The van der Waals surface area contributed by atoms with Crippen molar-refractivity contribution in [2.75, 3.05) is 26.2 Å². The molecule has 166 valence electrons. The molecule has 0 saturated carbocycles. The minimum atomic E-state index is -0.433. The van der Waals surface area contributed by atoms with Crippen LogP contribution >= 0.6 is 0 Å². The average Bonchev–Trinajstić information content (AvgIpc) is 3.20. The van der Waals surface area contributed by atoms with Gasteiger partial charge >= 0.3 is 0 Å². The van der Waals surface area contributed by atoms with Crippen LogP contribution in [-0.2, 0) is 11.3 Å². The molecule has 31 heavy (non-hydrogen) atoms. The highest BCUT2D eigenvalue weighted by Crippen LogP contribution is 2.24. The van der Waals surface area contributed by atoms with Crippen LogP contribution in [0.3, 0.4) is 0 Å². The predicted molar refractivity (Wildman–Crippen MR) is 116 cm³/mol. The summed E-state index contributed by atoms with van der Waals surface area (Å²) in [5, 5.41) is 6.92. The maximum absolute atomic E-state index is 13.2. The fourth-order valence-corrected chi connectivity index (χ4v) is 3.35. The maximum Gasteiger partial charge on any atom is 0.267 e. The number of amides is 1. The SMILES string of the molecule is CCCCN(CC)CCCNC(=O)Cn1cnc2onc(-c3ccc(F)cc3)c2c1=O. The number of rotatable bonds is 11. The predicted octanol–water partition coefficient (Wildman–Crippen LogP) is 2.82. The van der Waals surface area contributed by atoms with E-state index >= 15 is 0 Å². The van der Waals surface area contributed by atoms with Crippen LogP contribution in [0.5, 0.6) is 0 Å². The lowest BCUT2D eigenvalue weighted by Gasteiger charge is -2.19. The molecule has 0 unspecified atom stereocenters.